The Morgan fingerprint density at radius 3 is 2.74 bits per heavy atom. The summed E-state index contributed by atoms with van der Waals surface area (Å²) in [5.41, 5.74) is 2.48. The molecule has 0 radical (unpaired) electrons. The third-order valence-corrected chi connectivity index (χ3v) is 4.09. The van der Waals surface area contributed by atoms with Crippen LogP contribution in [0.2, 0.25) is 0 Å². The van der Waals surface area contributed by atoms with Crippen LogP contribution in [0.4, 0.5) is 16.0 Å². The highest BCUT2D eigenvalue weighted by molar-refractivity contribution is 5.61. The van der Waals surface area contributed by atoms with Crippen LogP contribution in [-0.2, 0) is 17.8 Å². The van der Waals surface area contributed by atoms with Gasteiger partial charge in [0, 0.05) is 37.9 Å². The van der Waals surface area contributed by atoms with E-state index >= 15 is 0 Å². The summed E-state index contributed by atoms with van der Waals surface area (Å²) in [4.78, 5) is 14.9. The lowest BCUT2D eigenvalue weighted by atomic mass is 10.1. The molecule has 1 heterocycles. The molecular weight excluding hydrogens is 351 g/mol. The second-order valence-corrected chi connectivity index (χ2v) is 5.90. The van der Waals surface area contributed by atoms with Crippen LogP contribution in [0.5, 0.6) is 0 Å². The van der Waals surface area contributed by atoms with Gasteiger partial charge in [-0.2, -0.15) is 0 Å². The van der Waals surface area contributed by atoms with Crippen molar-refractivity contribution in [3.63, 3.8) is 0 Å². The number of hydrogen-bond donors (Lipinski definition) is 1. The number of halogens is 1. The van der Waals surface area contributed by atoms with Gasteiger partial charge in [0.25, 0.3) is 5.69 Å². The highest BCUT2D eigenvalue weighted by Crippen LogP contribution is 2.24. The van der Waals surface area contributed by atoms with Crippen molar-refractivity contribution in [3.05, 3.63) is 76.2 Å². The molecule has 0 aliphatic rings. The number of rotatable bonds is 8. The quantitative estimate of drug-likeness (QED) is 0.481. The number of anilines is 1. The Labute approximate surface area is 155 Å². The summed E-state index contributed by atoms with van der Waals surface area (Å²) in [6.07, 6.45) is 1.71. The molecular formula is C19H19FN4O3. The molecule has 2 aromatic carbocycles. The van der Waals surface area contributed by atoms with Crippen molar-refractivity contribution in [1.29, 1.82) is 0 Å². The second kappa shape index (κ2) is 8.41. The Morgan fingerprint density at radius 1 is 1.26 bits per heavy atom. The zero-order valence-corrected chi connectivity index (χ0v) is 14.8. The lowest BCUT2D eigenvalue weighted by molar-refractivity contribution is -0.384. The summed E-state index contributed by atoms with van der Waals surface area (Å²) in [5.74, 6) is 0.309. The third kappa shape index (κ3) is 4.48. The van der Waals surface area contributed by atoms with E-state index < -0.39 is 4.92 Å². The van der Waals surface area contributed by atoms with E-state index in [1.54, 1.807) is 31.5 Å². The van der Waals surface area contributed by atoms with Crippen molar-refractivity contribution < 1.29 is 14.1 Å². The highest BCUT2D eigenvalue weighted by atomic mass is 19.1. The van der Waals surface area contributed by atoms with Crippen molar-refractivity contribution in [2.75, 3.05) is 19.0 Å². The van der Waals surface area contributed by atoms with Crippen LogP contribution in [0.25, 0.3) is 11.3 Å². The molecule has 0 fully saturated rings. The smallest absolute Gasteiger partial charge is 0.269 e. The van der Waals surface area contributed by atoms with Crippen LogP contribution in [0.1, 0.15) is 5.56 Å². The minimum absolute atomic E-state index is 0.0454. The monoisotopic (exact) mass is 370 g/mol. The van der Waals surface area contributed by atoms with E-state index in [1.807, 2.05) is 10.6 Å². The van der Waals surface area contributed by atoms with E-state index in [-0.39, 0.29) is 11.5 Å². The molecule has 0 atom stereocenters. The molecule has 27 heavy (non-hydrogen) atoms. The number of nitrogens with one attached hydrogen (secondary N) is 1. The lowest BCUT2D eigenvalue weighted by Gasteiger charge is -2.13. The molecule has 0 saturated heterocycles. The number of ether oxygens (including phenoxy) is 1. The predicted molar refractivity (Wildman–Crippen MR) is 99.9 cm³/mol. The first-order valence-corrected chi connectivity index (χ1v) is 8.36. The van der Waals surface area contributed by atoms with Gasteiger partial charge in [0.05, 0.1) is 23.4 Å². The normalized spacial score (nSPS) is 10.7. The maximum Gasteiger partial charge on any atom is 0.269 e. The molecule has 0 aliphatic heterocycles. The number of imidazole rings is 1. The Hall–Kier alpha value is -3.26. The van der Waals surface area contributed by atoms with Crippen LogP contribution in [-0.4, -0.2) is 28.2 Å². The number of non-ortho nitro benzene ring substituents is 1. The molecule has 3 rings (SSSR count). The summed E-state index contributed by atoms with van der Waals surface area (Å²) < 4.78 is 20.3. The van der Waals surface area contributed by atoms with E-state index in [0.717, 1.165) is 16.8 Å². The van der Waals surface area contributed by atoms with Crippen LogP contribution >= 0.6 is 0 Å². The molecule has 7 nitrogen and oxygen atoms in total. The lowest BCUT2D eigenvalue weighted by Crippen LogP contribution is -2.11. The first-order chi connectivity index (χ1) is 13.1. The molecule has 0 amide bonds. The zero-order chi connectivity index (χ0) is 19.2. The average molecular weight is 370 g/mol. The van der Waals surface area contributed by atoms with Crippen molar-refractivity contribution >= 4 is 11.6 Å². The average Bonchev–Trinajstić information content (AvgIpc) is 3.08. The fraction of sp³-hybridized carbons (Fsp3) is 0.211. The van der Waals surface area contributed by atoms with Crippen molar-refractivity contribution in [3.8, 4) is 11.3 Å². The molecule has 0 spiro atoms. The van der Waals surface area contributed by atoms with E-state index in [0.29, 0.717) is 25.6 Å². The molecule has 0 bridgehead atoms. The van der Waals surface area contributed by atoms with Gasteiger partial charge < -0.3 is 14.6 Å². The molecule has 0 aliphatic carbocycles. The van der Waals surface area contributed by atoms with Gasteiger partial charge in [-0.3, -0.25) is 10.1 Å². The molecule has 140 valence electrons. The molecule has 1 aromatic heterocycles. The highest BCUT2D eigenvalue weighted by Gasteiger charge is 2.12. The standard InChI is InChI=1S/C19H19FN4O3/c1-27-10-9-23-18(15-5-7-16(20)8-6-15)13-22-19(23)21-12-14-3-2-4-17(11-14)24(25)26/h2-8,11,13H,9-10,12H2,1H3,(H,21,22). The molecule has 1 N–H and O–H groups in total. The van der Waals surface area contributed by atoms with E-state index in [4.69, 9.17) is 4.74 Å². The minimum atomic E-state index is -0.421. The maximum absolute atomic E-state index is 13.2. The van der Waals surface area contributed by atoms with Crippen molar-refractivity contribution in [2.45, 2.75) is 13.1 Å². The summed E-state index contributed by atoms with van der Waals surface area (Å²) in [6, 6.07) is 12.6. The Kier molecular flexibility index (Phi) is 5.77. The van der Waals surface area contributed by atoms with Gasteiger partial charge in [0.2, 0.25) is 5.95 Å². The number of hydrogen-bond acceptors (Lipinski definition) is 5. The van der Waals surface area contributed by atoms with Gasteiger partial charge >= 0.3 is 0 Å². The van der Waals surface area contributed by atoms with Gasteiger partial charge in [0.1, 0.15) is 5.82 Å². The first kappa shape index (κ1) is 18.5. The van der Waals surface area contributed by atoms with Crippen LogP contribution in [0.3, 0.4) is 0 Å². The second-order valence-electron chi connectivity index (χ2n) is 5.90. The summed E-state index contributed by atoms with van der Waals surface area (Å²) in [6.45, 7) is 1.42. The fourth-order valence-corrected chi connectivity index (χ4v) is 2.74. The zero-order valence-electron chi connectivity index (χ0n) is 14.8. The predicted octanol–water partition coefficient (Wildman–Crippen LogP) is 3.86. The van der Waals surface area contributed by atoms with Gasteiger partial charge in [-0.15, -0.1) is 0 Å². The topological polar surface area (TPSA) is 82.2 Å². The van der Waals surface area contributed by atoms with Crippen LogP contribution in [0.15, 0.2) is 54.7 Å². The Morgan fingerprint density at radius 2 is 2.04 bits per heavy atom. The number of nitrogens with zero attached hydrogens (tertiary/aromatic N) is 3. The van der Waals surface area contributed by atoms with Gasteiger partial charge in [0.15, 0.2) is 0 Å². The Bertz CT molecular complexity index is 925. The van der Waals surface area contributed by atoms with Gasteiger partial charge in [-0.1, -0.05) is 12.1 Å². The summed E-state index contributed by atoms with van der Waals surface area (Å²) in [7, 11) is 1.62. The minimum Gasteiger partial charge on any atom is -0.383 e. The largest absolute Gasteiger partial charge is 0.383 e. The number of nitro groups is 1. The number of benzene rings is 2. The molecule has 3 aromatic rings. The first-order valence-electron chi connectivity index (χ1n) is 8.36. The fourth-order valence-electron chi connectivity index (χ4n) is 2.74. The van der Waals surface area contributed by atoms with Crippen molar-refractivity contribution in [1.82, 2.24) is 9.55 Å². The molecule has 0 unspecified atom stereocenters. The van der Waals surface area contributed by atoms with E-state index in [1.165, 1.54) is 24.3 Å². The Balaban J connectivity index is 1.83. The summed E-state index contributed by atoms with van der Waals surface area (Å²) >= 11 is 0. The third-order valence-electron chi connectivity index (χ3n) is 4.09. The number of nitro benzene ring substituents is 1. The molecule has 0 saturated carbocycles. The van der Waals surface area contributed by atoms with Crippen LogP contribution < -0.4 is 5.32 Å². The molecule has 8 heteroatoms. The van der Waals surface area contributed by atoms with Gasteiger partial charge in [-0.05, 0) is 29.8 Å². The van der Waals surface area contributed by atoms with Crippen LogP contribution in [0, 0.1) is 15.9 Å². The maximum atomic E-state index is 13.2. The number of methoxy groups -OCH3 is 1. The summed E-state index contributed by atoms with van der Waals surface area (Å²) in [5, 5.41) is 14.1. The number of aromatic nitrogens is 2. The van der Waals surface area contributed by atoms with Crippen molar-refractivity contribution in [2.24, 2.45) is 0 Å². The van der Waals surface area contributed by atoms with E-state index in [2.05, 4.69) is 10.3 Å². The SMILES string of the molecule is COCCn1c(-c2ccc(F)cc2)cnc1NCc1cccc([N+](=O)[O-])c1. The van der Waals surface area contributed by atoms with E-state index in [9.17, 15) is 14.5 Å². The van der Waals surface area contributed by atoms with Gasteiger partial charge in [-0.25, -0.2) is 9.37 Å².